The Hall–Kier alpha value is -1.22. The van der Waals surface area contributed by atoms with E-state index in [0.29, 0.717) is 5.75 Å². The zero-order valence-electron chi connectivity index (χ0n) is 11.6. The Labute approximate surface area is 122 Å². The summed E-state index contributed by atoms with van der Waals surface area (Å²) in [4.78, 5) is 0. The molecular weight excluding hydrogens is 280 g/mol. The number of para-hydroxylation sites is 1. The van der Waals surface area contributed by atoms with Crippen LogP contribution in [0.25, 0.3) is 0 Å². The van der Waals surface area contributed by atoms with Crippen LogP contribution in [-0.2, 0) is 16.1 Å². The molecule has 0 spiro atoms. The van der Waals surface area contributed by atoms with E-state index >= 15 is 0 Å². The van der Waals surface area contributed by atoms with Gasteiger partial charge < -0.3 is 34.6 Å². The van der Waals surface area contributed by atoms with E-state index in [9.17, 15) is 15.3 Å². The van der Waals surface area contributed by atoms with Crippen molar-refractivity contribution in [3.8, 4) is 5.75 Å². The summed E-state index contributed by atoms with van der Waals surface area (Å²) in [5.74, 6) is 0.627. The van der Waals surface area contributed by atoms with E-state index in [4.69, 9.17) is 19.3 Å². The van der Waals surface area contributed by atoms with Gasteiger partial charge in [-0.25, -0.2) is 0 Å². The van der Waals surface area contributed by atoms with Crippen molar-refractivity contribution in [2.24, 2.45) is 0 Å². The first kappa shape index (κ1) is 16.2. The quantitative estimate of drug-likeness (QED) is 0.553. The van der Waals surface area contributed by atoms with Crippen molar-refractivity contribution in [1.29, 1.82) is 0 Å². The highest BCUT2D eigenvalue weighted by Gasteiger charge is 2.44. The molecule has 0 unspecified atom stereocenters. The van der Waals surface area contributed by atoms with E-state index in [0.717, 1.165) is 5.56 Å². The minimum atomic E-state index is -1.45. The number of rotatable bonds is 5. The zero-order valence-corrected chi connectivity index (χ0v) is 11.6. The van der Waals surface area contributed by atoms with E-state index in [1.165, 1.54) is 7.11 Å². The molecular formula is C14H20O7. The average Bonchev–Trinajstić information content (AvgIpc) is 2.52. The highest BCUT2D eigenvalue weighted by Crippen LogP contribution is 2.24. The second-order valence-corrected chi connectivity index (χ2v) is 4.82. The van der Waals surface area contributed by atoms with Crippen molar-refractivity contribution < 1.29 is 34.6 Å². The molecule has 1 aliphatic rings. The molecule has 1 fully saturated rings. The minimum Gasteiger partial charge on any atom is -0.496 e. The fourth-order valence-electron chi connectivity index (χ4n) is 2.20. The molecule has 0 amide bonds. The molecule has 0 saturated carbocycles. The molecule has 1 saturated heterocycles. The van der Waals surface area contributed by atoms with Gasteiger partial charge in [-0.1, -0.05) is 18.2 Å². The van der Waals surface area contributed by atoms with Crippen molar-refractivity contribution in [3.05, 3.63) is 29.8 Å². The summed E-state index contributed by atoms with van der Waals surface area (Å²) >= 11 is 0. The highest BCUT2D eigenvalue weighted by molar-refractivity contribution is 5.32. The Bertz CT molecular complexity index is 451. The van der Waals surface area contributed by atoms with Crippen molar-refractivity contribution in [3.63, 3.8) is 0 Å². The van der Waals surface area contributed by atoms with E-state index in [2.05, 4.69) is 0 Å². The molecule has 1 heterocycles. The molecule has 1 aromatic rings. The van der Waals surface area contributed by atoms with Crippen LogP contribution >= 0.6 is 0 Å². The summed E-state index contributed by atoms with van der Waals surface area (Å²) in [6.07, 6.45) is -6.37. The van der Waals surface area contributed by atoms with Crippen LogP contribution < -0.4 is 4.74 Å². The lowest BCUT2D eigenvalue weighted by molar-refractivity contribution is -0.304. The smallest absolute Gasteiger partial charge is 0.187 e. The van der Waals surface area contributed by atoms with Crippen LogP contribution in [0.3, 0.4) is 0 Å². The fourth-order valence-corrected chi connectivity index (χ4v) is 2.20. The second-order valence-electron chi connectivity index (χ2n) is 4.82. The number of ether oxygens (including phenoxy) is 3. The lowest BCUT2D eigenvalue weighted by Gasteiger charge is -2.39. The summed E-state index contributed by atoms with van der Waals surface area (Å²) in [6.45, 7) is -0.397. The van der Waals surface area contributed by atoms with Crippen LogP contribution in [0.1, 0.15) is 5.56 Å². The van der Waals surface area contributed by atoms with Crippen LogP contribution in [0.4, 0.5) is 0 Å². The third-order valence-electron chi connectivity index (χ3n) is 3.44. The van der Waals surface area contributed by atoms with Crippen LogP contribution in [0.2, 0.25) is 0 Å². The van der Waals surface area contributed by atoms with E-state index in [1.807, 2.05) is 12.1 Å². The number of methoxy groups -OCH3 is 1. The summed E-state index contributed by atoms with van der Waals surface area (Å²) < 4.78 is 15.9. The molecule has 1 aliphatic heterocycles. The Morgan fingerprint density at radius 3 is 2.48 bits per heavy atom. The van der Waals surface area contributed by atoms with Gasteiger partial charge in [0, 0.05) is 5.56 Å². The van der Waals surface area contributed by atoms with Crippen molar-refractivity contribution >= 4 is 0 Å². The summed E-state index contributed by atoms with van der Waals surface area (Å²) in [5.41, 5.74) is 0.747. The normalized spacial score (nSPS) is 32.9. The molecule has 4 N–H and O–H groups in total. The summed E-state index contributed by atoms with van der Waals surface area (Å²) in [7, 11) is 1.53. The maximum atomic E-state index is 9.85. The van der Waals surface area contributed by atoms with Gasteiger partial charge in [0.1, 0.15) is 30.2 Å². The number of hydrogen-bond acceptors (Lipinski definition) is 7. The predicted octanol–water partition coefficient (Wildman–Crippen LogP) is -0.988. The van der Waals surface area contributed by atoms with Gasteiger partial charge in [0.2, 0.25) is 0 Å². The Kier molecular flexibility index (Phi) is 5.51. The Morgan fingerprint density at radius 2 is 1.81 bits per heavy atom. The first-order chi connectivity index (χ1) is 10.1. The number of aliphatic hydroxyl groups excluding tert-OH is 4. The standard InChI is InChI=1S/C14H20O7/c1-19-9-5-3-2-4-8(9)7-20-14-13(18)12(17)11(16)10(6-15)21-14/h2-5,10-18H,6-7H2,1H3/t10-,11+,12+,13-,14-/m1/s1. The van der Waals surface area contributed by atoms with Gasteiger partial charge in [-0.05, 0) is 6.07 Å². The molecule has 118 valence electrons. The van der Waals surface area contributed by atoms with E-state index in [1.54, 1.807) is 12.1 Å². The summed E-state index contributed by atoms with van der Waals surface area (Å²) in [6, 6.07) is 7.19. The Morgan fingerprint density at radius 1 is 1.10 bits per heavy atom. The topological polar surface area (TPSA) is 109 Å². The van der Waals surface area contributed by atoms with Gasteiger partial charge in [-0.3, -0.25) is 0 Å². The van der Waals surface area contributed by atoms with Gasteiger partial charge in [0.15, 0.2) is 6.29 Å². The van der Waals surface area contributed by atoms with Crippen molar-refractivity contribution in [1.82, 2.24) is 0 Å². The molecule has 0 radical (unpaired) electrons. The molecule has 7 heteroatoms. The van der Waals surface area contributed by atoms with Crippen LogP contribution in [0.15, 0.2) is 24.3 Å². The molecule has 0 bridgehead atoms. The largest absolute Gasteiger partial charge is 0.496 e. The van der Waals surface area contributed by atoms with Gasteiger partial charge in [0.25, 0.3) is 0 Å². The number of aliphatic hydroxyl groups is 4. The van der Waals surface area contributed by atoms with E-state index in [-0.39, 0.29) is 6.61 Å². The maximum absolute atomic E-state index is 9.85. The average molecular weight is 300 g/mol. The predicted molar refractivity (Wildman–Crippen MR) is 71.6 cm³/mol. The molecule has 2 rings (SSSR count). The number of hydrogen-bond donors (Lipinski definition) is 4. The van der Waals surface area contributed by atoms with Crippen LogP contribution in [-0.4, -0.2) is 64.8 Å². The molecule has 5 atom stereocenters. The fraction of sp³-hybridized carbons (Fsp3) is 0.571. The second kappa shape index (κ2) is 7.17. The third-order valence-corrected chi connectivity index (χ3v) is 3.44. The van der Waals surface area contributed by atoms with Crippen molar-refractivity contribution in [2.75, 3.05) is 13.7 Å². The molecule has 1 aromatic carbocycles. The van der Waals surface area contributed by atoms with E-state index < -0.39 is 37.3 Å². The van der Waals surface area contributed by atoms with Gasteiger partial charge in [0.05, 0.1) is 20.3 Å². The highest BCUT2D eigenvalue weighted by atomic mass is 16.7. The molecule has 21 heavy (non-hydrogen) atoms. The van der Waals surface area contributed by atoms with Crippen LogP contribution in [0, 0.1) is 0 Å². The minimum absolute atomic E-state index is 0.0900. The van der Waals surface area contributed by atoms with Gasteiger partial charge in [-0.2, -0.15) is 0 Å². The number of benzene rings is 1. The molecule has 0 aromatic heterocycles. The van der Waals surface area contributed by atoms with Crippen LogP contribution in [0.5, 0.6) is 5.75 Å². The molecule has 7 nitrogen and oxygen atoms in total. The maximum Gasteiger partial charge on any atom is 0.187 e. The molecule has 0 aliphatic carbocycles. The lowest BCUT2D eigenvalue weighted by Crippen LogP contribution is -2.59. The van der Waals surface area contributed by atoms with Gasteiger partial charge in [-0.15, -0.1) is 0 Å². The first-order valence-corrected chi connectivity index (χ1v) is 6.62. The zero-order chi connectivity index (χ0) is 15.4. The lowest BCUT2D eigenvalue weighted by atomic mass is 9.99. The van der Waals surface area contributed by atoms with Crippen molar-refractivity contribution in [2.45, 2.75) is 37.3 Å². The Balaban J connectivity index is 2.01. The third kappa shape index (κ3) is 3.52. The first-order valence-electron chi connectivity index (χ1n) is 6.62. The monoisotopic (exact) mass is 300 g/mol. The summed E-state index contributed by atoms with van der Waals surface area (Å²) in [5, 5.41) is 38.3. The van der Waals surface area contributed by atoms with Gasteiger partial charge >= 0.3 is 0 Å². The SMILES string of the molecule is COc1ccccc1CO[C@@H]1O[C@H](CO)[C@H](O)[C@H](O)[C@H]1O.